The summed E-state index contributed by atoms with van der Waals surface area (Å²) in [7, 11) is 1.64. The minimum Gasteiger partial charge on any atom is -0.397 e. The summed E-state index contributed by atoms with van der Waals surface area (Å²) in [6, 6.07) is 6.05. The second-order valence-electron chi connectivity index (χ2n) is 7.86. The van der Waals surface area contributed by atoms with Crippen molar-refractivity contribution in [2.75, 3.05) is 25.9 Å². The Morgan fingerprint density at radius 2 is 2.00 bits per heavy atom. The number of ether oxygens (including phenoxy) is 1. The Bertz CT molecular complexity index is 1110. The number of aromatic nitrogens is 1. The Balaban J connectivity index is 1.95. The fourth-order valence-corrected chi connectivity index (χ4v) is 3.93. The molecular weight excluding hydrogens is 440 g/mol. The quantitative estimate of drug-likeness (QED) is 0.537. The fraction of sp³-hybridized carbons (Fsp3) is 0.280. The highest BCUT2D eigenvalue weighted by Gasteiger charge is 2.28. The van der Waals surface area contributed by atoms with Gasteiger partial charge in [-0.05, 0) is 49.8 Å². The number of benzene rings is 1. The monoisotopic (exact) mass is 469 g/mol. The van der Waals surface area contributed by atoms with Gasteiger partial charge in [0.05, 0.1) is 34.4 Å². The largest absolute Gasteiger partial charge is 0.397 e. The first-order valence-electron chi connectivity index (χ1n) is 10.9. The van der Waals surface area contributed by atoms with Crippen molar-refractivity contribution in [3.63, 3.8) is 0 Å². The number of nitrogen functional groups attached to an aromatic ring is 1. The SMILES string of the molecule is C=C/C(NC(=O)c1nc(-c2c(F)cccc2F)ccc1N)=C(\C=C/C)N1CCC(OC)C(N)C1. The second-order valence-corrected chi connectivity index (χ2v) is 7.86. The molecule has 2 aromatic rings. The van der Waals surface area contributed by atoms with Gasteiger partial charge >= 0.3 is 0 Å². The molecule has 1 aliphatic heterocycles. The summed E-state index contributed by atoms with van der Waals surface area (Å²) in [6.07, 6.45) is 5.88. The zero-order chi connectivity index (χ0) is 24.8. The lowest BCUT2D eigenvalue weighted by Crippen LogP contribution is -2.51. The molecule has 1 aromatic carbocycles. The van der Waals surface area contributed by atoms with Crippen molar-refractivity contribution >= 4 is 11.6 Å². The molecule has 1 aromatic heterocycles. The van der Waals surface area contributed by atoms with Gasteiger partial charge in [-0.1, -0.05) is 18.7 Å². The number of halogens is 2. The van der Waals surface area contributed by atoms with Gasteiger partial charge in [-0.3, -0.25) is 4.79 Å². The number of anilines is 1. The van der Waals surface area contributed by atoms with Crippen molar-refractivity contribution in [1.29, 1.82) is 0 Å². The summed E-state index contributed by atoms with van der Waals surface area (Å²) in [5, 5.41) is 2.78. The van der Waals surface area contributed by atoms with Crippen LogP contribution in [0.2, 0.25) is 0 Å². The molecule has 2 atom stereocenters. The van der Waals surface area contributed by atoms with Gasteiger partial charge in [0, 0.05) is 26.2 Å². The predicted molar refractivity (Wildman–Crippen MR) is 128 cm³/mol. The molecule has 1 amide bonds. The lowest BCUT2D eigenvalue weighted by molar-refractivity contribution is 0.0342. The number of methoxy groups -OCH3 is 1. The number of nitrogens with two attached hydrogens (primary N) is 2. The molecular formula is C25H29F2N5O2. The number of rotatable bonds is 7. The lowest BCUT2D eigenvalue weighted by Gasteiger charge is -2.38. The Morgan fingerprint density at radius 1 is 1.29 bits per heavy atom. The molecule has 1 aliphatic rings. The number of pyridine rings is 1. The lowest BCUT2D eigenvalue weighted by atomic mass is 10.0. The molecule has 9 heteroatoms. The highest BCUT2D eigenvalue weighted by atomic mass is 19.1. The smallest absolute Gasteiger partial charge is 0.276 e. The van der Waals surface area contributed by atoms with E-state index in [0.29, 0.717) is 24.5 Å². The van der Waals surface area contributed by atoms with Crippen molar-refractivity contribution in [3.05, 3.63) is 83.9 Å². The second kappa shape index (κ2) is 11.0. The van der Waals surface area contributed by atoms with E-state index in [0.717, 1.165) is 18.6 Å². The van der Waals surface area contributed by atoms with E-state index < -0.39 is 17.5 Å². The minimum absolute atomic E-state index is 0.0413. The van der Waals surface area contributed by atoms with Crippen molar-refractivity contribution in [2.45, 2.75) is 25.5 Å². The number of likely N-dealkylation sites (tertiary alicyclic amines) is 1. The Labute approximate surface area is 197 Å². The molecule has 1 saturated heterocycles. The number of hydrogen-bond donors (Lipinski definition) is 3. The summed E-state index contributed by atoms with van der Waals surface area (Å²) in [4.78, 5) is 19.3. The normalized spacial score (nSPS) is 19.1. The van der Waals surface area contributed by atoms with Crippen LogP contribution >= 0.6 is 0 Å². The van der Waals surface area contributed by atoms with Crippen molar-refractivity contribution in [2.24, 2.45) is 5.73 Å². The van der Waals surface area contributed by atoms with Crippen molar-refractivity contribution < 1.29 is 18.3 Å². The third-order valence-electron chi connectivity index (χ3n) is 5.65. The Hall–Kier alpha value is -3.56. The van der Waals surface area contributed by atoms with Gasteiger partial charge in [-0.25, -0.2) is 13.8 Å². The standard InChI is InChI=1S/C25H29F2N5O2/c1-4-7-21(32-13-12-22(34-3)18(29)14-32)19(5-2)31-25(33)24-17(28)10-11-20(30-24)23-15(26)8-6-9-16(23)27/h4-11,18,22H,2,12-14,28-29H2,1,3H3,(H,31,33)/b7-4-,21-19-. The van der Waals surface area contributed by atoms with Gasteiger partial charge < -0.3 is 26.4 Å². The summed E-state index contributed by atoms with van der Waals surface area (Å²) in [5.41, 5.74) is 12.9. The van der Waals surface area contributed by atoms with E-state index >= 15 is 0 Å². The first kappa shape index (κ1) is 25.1. The van der Waals surface area contributed by atoms with Gasteiger partial charge in [0.1, 0.15) is 11.6 Å². The number of nitrogens with one attached hydrogen (secondary N) is 1. The molecule has 2 heterocycles. The maximum absolute atomic E-state index is 14.3. The molecule has 0 bridgehead atoms. The van der Waals surface area contributed by atoms with Crippen LogP contribution < -0.4 is 16.8 Å². The molecule has 1 fully saturated rings. The summed E-state index contributed by atoms with van der Waals surface area (Å²) >= 11 is 0. The third-order valence-corrected chi connectivity index (χ3v) is 5.65. The van der Waals surface area contributed by atoms with Crippen LogP contribution in [-0.4, -0.2) is 48.1 Å². The molecule has 0 spiro atoms. The summed E-state index contributed by atoms with van der Waals surface area (Å²) in [5.74, 6) is -2.22. The van der Waals surface area contributed by atoms with E-state index in [1.165, 1.54) is 24.3 Å². The van der Waals surface area contributed by atoms with Gasteiger partial charge in [-0.15, -0.1) is 0 Å². The van der Waals surface area contributed by atoms with Crippen LogP contribution in [0.5, 0.6) is 0 Å². The number of nitrogens with zero attached hydrogens (tertiary/aromatic N) is 2. The third kappa shape index (κ3) is 5.32. The molecule has 34 heavy (non-hydrogen) atoms. The fourth-order valence-electron chi connectivity index (χ4n) is 3.93. The highest BCUT2D eigenvalue weighted by molar-refractivity contribution is 5.99. The molecule has 0 aliphatic carbocycles. The van der Waals surface area contributed by atoms with Gasteiger partial charge in [0.25, 0.3) is 5.91 Å². The minimum atomic E-state index is -0.790. The van der Waals surface area contributed by atoms with E-state index in [2.05, 4.69) is 16.9 Å². The average Bonchev–Trinajstić information content (AvgIpc) is 2.82. The summed E-state index contributed by atoms with van der Waals surface area (Å²) in [6.45, 7) is 6.87. The van der Waals surface area contributed by atoms with Crippen molar-refractivity contribution in [1.82, 2.24) is 15.2 Å². The molecule has 2 unspecified atom stereocenters. The Morgan fingerprint density at radius 3 is 2.59 bits per heavy atom. The molecule has 3 rings (SSSR count). The van der Waals surface area contributed by atoms with E-state index in [-0.39, 0.29) is 34.8 Å². The van der Waals surface area contributed by atoms with Crippen LogP contribution in [-0.2, 0) is 4.74 Å². The predicted octanol–water partition coefficient (Wildman–Crippen LogP) is 3.36. The van der Waals surface area contributed by atoms with Gasteiger partial charge in [0.15, 0.2) is 5.69 Å². The molecule has 0 radical (unpaired) electrons. The molecule has 180 valence electrons. The van der Waals surface area contributed by atoms with Crippen molar-refractivity contribution in [3.8, 4) is 11.3 Å². The van der Waals surface area contributed by atoms with Crippen LogP contribution in [0.15, 0.2) is 66.5 Å². The van der Waals surface area contributed by atoms with Gasteiger partial charge in [-0.2, -0.15) is 0 Å². The first-order valence-corrected chi connectivity index (χ1v) is 10.9. The number of carbonyl (C=O) groups excluding carboxylic acids is 1. The maximum Gasteiger partial charge on any atom is 0.276 e. The molecule has 7 nitrogen and oxygen atoms in total. The maximum atomic E-state index is 14.3. The summed E-state index contributed by atoms with van der Waals surface area (Å²) < 4.78 is 33.9. The number of amides is 1. The van der Waals surface area contributed by atoms with Crippen LogP contribution in [0.1, 0.15) is 23.8 Å². The molecule has 5 N–H and O–H groups in total. The van der Waals surface area contributed by atoms with E-state index in [4.69, 9.17) is 16.2 Å². The average molecular weight is 470 g/mol. The number of carbonyl (C=O) groups is 1. The number of hydrogen-bond acceptors (Lipinski definition) is 6. The van der Waals surface area contributed by atoms with Gasteiger partial charge in [0.2, 0.25) is 0 Å². The highest BCUT2D eigenvalue weighted by Crippen LogP contribution is 2.26. The van der Waals surface area contributed by atoms with Crippen LogP contribution in [0.4, 0.5) is 14.5 Å². The molecule has 0 saturated carbocycles. The van der Waals surface area contributed by atoms with Crippen LogP contribution in [0.3, 0.4) is 0 Å². The van der Waals surface area contributed by atoms with Crippen LogP contribution in [0, 0.1) is 11.6 Å². The number of piperidine rings is 1. The van der Waals surface area contributed by atoms with E-state index in [1.807, 2.05) is 24.0 Å². The zero-order valence-corrected chi connectivity index (χ0v) is 19.2. The zero-order valence-electron chi connectivity index (χ0n) is 19.2. The van der Waals surface area contributed by atoms with Crippen LogP contribution in [0.25, 0.3) is 11.3 Å². The topological polar surface area (TPSA) is 106 Å². The Kier molecular flexibility index (Phi) is 8.14. The number of allylic oxidation sites excluding steroid dienone is 3. The van der Waals surface area contributed by atoms with E-state index in [9.17, 15) is 13.6 Å². The van der Waals surface area contributed by atoms with E-state index in [1.54, 1.807) is 7.11 Å². The first-order chi connectivity index (χ1) is 16.3.